The van der Waals surface area contributed by atoms with Crippen LogP contribution in [0.25, 0.3) is 11.3 Å². The van der Waals surface area contributed by atoms with Gasteiger partial charge in [-0.1, -0.05) is 30.3 Å². The quantitative estimate of drug-likeness (QED) is 0.348. The van der Waals surface area contributed by atoms with E-state index in [1.54, 1.807) is 18.3 Å². The molecule has 2 N–H and O–H groups in total. The molecule has 0 saturated carbocycles. The van der Waals surface area contributed by atoms with E-state index in [0.717, 1.165) is 34.8 Å². The number of benzene rings is 2. The number of nitrogens with one attached hydrogen (secondary N) is 2. The number of anilines is 1. The second-order valence-electron chi connectivity index (χ2n) is 8.65. The molecule has 3 aromatic heterocycles. The van der Waals surface area contributed by atoms with Crippen molar-refractivity contribution in [3.63, 3.8) is 0 Å². The van der Waals surface area contributed by atoms with E-state index in [9.17, 15) is 4.79 Å². The minimum Gasteiger partial charge on any atom is -0.493 e. The van der Waals surface area contributed by atoms with Crippen molar-refractivity contribution in [2.24, 2.45) is 0 Å². The molecule has 1 amide bonds. The molecule has 184 valence electrons. The topological polar surface area (TPSA) is 120 Å². The van der Waals surface area contributed by atoms with Gasteiger partial charge in [-0.05, 0) is 41.8 Å². The van der Waals surface area contributed by atoms with E-state index in [4.69, 9.17) is 9.47 Å². The standard InChI is InChI=1S/C27H23N7O3/c35-26(14-34-17-28-16-31-34)33-25-12-22(8-9-29-25)37-21-6-7-24-19(11-21)10-20(15-36-24)27-30-13-23(32-27)18-4-2-1-3-5-18/h1-9,11-13,16-17,20H,10,14-15H2,(H,30,32)(H,29,33,35). The number of fused-ring (bicyclic) bond motifs is 1. The van der Waals surface area contributed by atoms with E-state index in [1.807, 2.05) is 42.6 Å². The molecule has 1 atom stereocenters. The molecule has 37 heavy (non-hydrogen) atoms. The van der Waals surface area contributed by atoms with Crippen LogP contribution in [-0.2, 0) is 17.8 Å². The average molecular weight is 494 g/mol. The van der Waals surface area contributed by atoms with E-state index in [1.165, 1.54) is 17.3 Å². The van der Waals surface area contributed by atoms with Crippen molar-refractivity contribution in [1.29, 1.82) is 0 Å². The lowest BCUT2D eigenvalue weighted by Crippen LogP contribution is -2.20. The number of hydrogen-bond donors (Lipinski definition) is 2. The van der Waals surface area contributed by atoms with Crippen LogP contribution in [0.4, 0.5) is 5.82 Å². The Bertz CT molecular complexity index is 1520. The van der Waals surface area contributed by atoms with E-state index in [0.29, 0.717) is 23.9 Å². The first-order valence-corrected chi connectivity index (χ1v) is 11.8. The molecule has 10 heteroatoms. The van der Waals surface area contributed by atoms with Gasteiger partial charge in [0.1, 0.15) is 48.1 Å². The lowest BCUT2D eigenvalue weighted by atomic mass is 9.96. The molecular weight excluding hydrogens is 470 g/mol. The predicted molar refractivity (Wildman–Crippen MR) is 135 cm³/mol. The van der Waals surface area contributed by atoms with Gasteiger partial charge in [0, 0.05) is 12.3 Å². The maximum Gasteiger partial charge on any atom is 0.247 e. The van der Waals surface area contributed by atoms with Crippen LogP contribution < -0.4 is 14.8 Å². The highest BCUT2D eigenvalue weighted by molar-refractivity contribution is 5.89. The average Bonchev–Trinajstić information content (AvgIpc) is 3.62. The third kappa shape index (κ3) is 5.18. The van der Waals surface area contributed by atoms with Crippen molar-refractivity contribution >= 4 is 11.7 Å². The number of pyridine rings is 1. The van der Waals surface area contributed by atoms with Crippen molar-refractivity contribution in [3.05, 3.63) is 97.1 Å². The summed E-state index contributed by atoms with van der Waals surface area (Å²) in [6.45, 7) is 0.595. The van der Waals surface area contributed by atoms with Gasteiger partial charge in [-0.25, -0.2) is 19.6 Å². The van der Waals surface area contributed by atoms with Gasteiger partial charge >= 0.3 is 0 Å². The Labute approximate surface area is 212 Å². The second kappa shape index (κ2) is 9.94. The zero-order valence-corrected chi connectivity index (χ0v) is 19.7. The molecule has 0 aliphatic carbocycles. The van der Waals surface area contributed by atoms with Crippen molar-refractivity contribution in [2.45, 2.75) is 18.9 Å². The summed E-state index contributed by atoms with van der Waals surface area (Å²) < 4.78 is 13.5. The maximum atomic E-state index is 12.2. The minimum absolute atomic E-state index is 0.0429. The van der Waals surface area contributed by atoms with Crippen molar-refractivity contribution < 1.29 is 14.3 Å². The summed E-state index contributed by atoms with van der Waals surface area (Å²) in [5.41, 5.74) is 3.13. The van der Waals surface area contributed by atoms with Crippen LogP contribution in [0.15, 0.2) is 85.7 Å². The lowest BCUT2D eigenvalue weighted by molar-refractivity contribution is -0.116. The third-order valence-corrected chi connectivity index (χ3v) is 6.01. The molecule has 10 nitrogen and oxygen atoms in total. The molecule has 0 spiro atoms. The van der Waals surface area contributed by atoms with Gasteiger partial charge in [0.25, 0.3) is 0 Å². The number of H-pyrrole nitrogens is 1. The molecule has 0 fully saturated rings. The SMILES string of the molecule is O=C(Cn1cncn1)Nc1cc(Oc2ccc3c(c2)CC(c2ncc(-c4ccccc4)[nH]2)CO3)ccn1. The lowest BCUT2D eigenvalue weighted by Gasteiger charge is -2.24. The van der Waals surface area contributed by atoms with Gasteiger partial charge in [0.15, 0.2) is 0 Å². The van der Waals surface area contributed by atoms with Crippen molar-refractivity contribution in [2.75, 3.05) is 11.9 Å². The Morgan fingerprint density at radius 2 is 2.00 bits per heavy atom. The molecule has 2 aromatic carbocycles. The van der Waals surface area contributed by atoms with Crippen LogP contribution >= 0.6 is 0 Å². The first-order valence-electron chi connectivity index (χ1n) is 11.8. The van der Waals surface area contributed by atoms with Gasteiger partial charge in [-0.3, -0.25) is 4.79 Å². The fraction of sp³-hybridized carbons (Fsp3) is 0.148. The molecular formula is C27H23N7O3. The molecule has 4 heterocycles. The number of hydrogen-bond acceptors (Lipinski definition) is 7. The number of amides is 1. The Morgan fingerprint density at radius 3 is 2.86 bits per heavy atom. The fourth-order valence-electron chi connectivity index (χ4n) is 4.24. The van der Waals surface area contributed by atoms with Crippen LogP contribution in [-0.4, -0.2) is 42.2 Å². The molecule has 6 rings (SSSR count). The van der Waals surface area contributed by atoms with Crippen LogP contribution in [0.3, 0.4) is 0 Å². The number of aromatic amines is 1. The van der Waals surface area contributed by atoms with Crippen molar-refractivity contribution in [3.8, 4) is 28.5 Å². The summed E-state index contributed by atoms with van der Waals surface area (Å²) in [7, 11) is 0. The Morgan fingerprint density at radius 1 is 1.11 bits per heavy atom. The number of carbonyl (C=O) groups excluding carboxylic acids is 1. The van der Waals surface area contributed by atoms with Crippen LogP contribution in [0.5, 0.6) is 17.2 Å². The molecule has 1 aliphatic rings. The highest BCUT2D eigenvalue weighted by Gasteiger charge is 2.24. The molecule has 0 radical (unpaired) electrons. The molecule has 1 unspecified atom stereocenters. The maximum absolute atomic E-state index is 12.2. The highest BCUT2D eigenvalue weighted by atomic mass is 16.5. The van der Waals surface area contributed by atoms with Crippen molar-refractivity contribution in [1.82, 2.24) is 29.7 Å². The number of nitrogens with zero attached hydrogens (tertiary/aromatic N) is 5. The van der Waals surface area contributed by atoms with E-state index in [2.05, 4.69) is 42.5 Å². The van der Waals surface area contributed by atoms with Crippen LogP contribution in [0.1, 0.15) is 17.3 Å². The van der Waals surface area contributed by atoms with Crippen LogP contribution in [0.2, 0.25) is 0 Å². The predicted octanol–water partition coefficient (Wildman–Crippen LogP) is 4.21. The van der Waals surface area contributed by atoms with E-state index < -0.39 is 0 Å². The second-order valence-corrected chi connectivity index (χ2v) is 8.65. The van der Waals surface area contributed by atoms with E-state index in [-0.39, 0.29) is 18.4 Å². The number of rotatable bonds is 7. The zero-order valence-electron chi connectivity index (χ0n) is 19.7. The summed E-state index contributed by atoms with van der Waals surface area (Å²) >= 11 is 0. The largest absolute Gasteiger partial charge is 0.493 e. The Hall–Kier alpha value is -4.99. The Balaban J connectivity index is 1.13. The van der Waals surface area contributed by atoms with Crippen LogP contribution in [0, 0.1) is 0 Å². The normalized spacial score (nSPS) is 14.4. The summed E-state index contributed by atoms with van der Waals surface area (Å²) in [4.78, 5) is 28.3. The first kappa shape index (κ1) is 22.5. The van der Waals surface area contributed by atoms with Gasteiger partial charge in [-0.2, -0.15) is 5.10 Å². The Kier molecular flexibility index (Phi) is 6.04. The molecule has 0 bridgehead atoms. The number of aromatic nitrogens is 6. The van der Waals surface area contributed by atoms with Gasteiger partial charge in [0.2, 0.25) is 5.91 Å². The first-order chi connectivity index (χ1) is 18.2. The van der Waals surface area contributed by atoms with Gasteiger partial charge in [0.05, 0.1) is 24.4 Å². The fourth-order valence-corrected chi connectivity index (χ4v) is 4.24. The van der Waals surface area contributed by atoms with Gasteiger partial charge < -0.3 is 19.8 Å². The molecule has 5 aromatic rings. The third-order valence-electron chi connectivity index (χ3n) is 6.01. The zero-order chi connectivity index (χ0) is 25.0. The van der Waals surface area contributed by atoms with Gasteiger partial charge in [-0.15, -0.1) is 0 Å². The smallest absolute Gasteiger partial charge is 0.247 e. The number of imidazole rings is 1. The summed E-state index contributed by atoms with van der Waals surface area (Å²) in [6.07, 6.45) is 7.08. The van der Waals surface area contributed by atoms with E-state index >= 15 is 0 Å². The molecule has 1 aliphatic heterocycles. The number of carbonyl (C=O) groups is 1. The summed E-state index contributed by atoms with van der Waals surface area (Å²) in [5.74, 6) is 3.19. The summed E-state index contributed by atoms with van der Waals surface area (Å²) in [6, 6.07) is 19.3. The monoisotopic (exact) mass is 493 g/mol. The molecule has 0 saturated heterocycles. The summed E-state index contributed by atoms with van der Waals surface area (Å²) in [5, 5.41) is 6.67. The highest BCUT2D eigenvalue weighted by Crippen LogP contribution is 2.35. The minimum atomic E-state index is -0.263. The number of ether oxygens (including phenoxy) is 2.